The SMILES string of the molecule is Cc1ccc2oc(-c3ccc(C)c(N=Cc4c(O)ccc5ccccc45)c3)nc2c1. The van der Waals surface area contributed by atoms with Crippen molar-refractivity contribution in [3.8, 4) is 17.2 Å². The van der Waals surface area contributed by atoms with E-state index in [1.807, 2.05) is 80.6 Å². The van der Waals surface area contributed by atoms with Gasteiger partial charge >= 0.3 is 0 Å². The summed E-state index contributed by atoms with van der Waals surface area (Å²) in [7, 11) is 0. The number of fused-ring (bicyclic) bond motifs is 2. The van der Waals surface area contributed by atoms with E-state index in [-0.39, 0.29) is 5.75 Å². The third-order valence-electron chi connectivity index (χ3n) is 5.28. The Labute approximate surface area is 174 Å². The fourth-order valence-electron chi connectivity index (χ4n) is 3.60. The lowest BCUT2D eigenvalue weighted by atomic mass is 10.0. The molecule has 0 aliphatic rings. The Bertz CT molecular complexity index is 1430. The Morgan fingerprint density at radius 1 is 0.933 bits per heavy atom. The standard InChI is InChI=1S/C26H20N2O2/c1-16-7-12-25-23(13-16)28-26(30-25)19-9-8-17(2)22(14-19)27-15-21-20-6-4-3-5-18(20)10-11-24(21)29/h3-15,29H,1-2H3. The molecule has 0 radical (unpaired) electrons. The van der Waals surface area contributed by atoms with Crippen molar-refractivity contribution in [3.63, 3.8) is 0 Å². The molecule has 0 atom stereocenters. The van der Waals surface area contributed by atoms with Crippen LogP contribution < -0.4 is 0 Å². The van der Waals surface area contributed by atoms with Gasteiger partial charge in [0.2, 0.25) is 5.89 Å². The van der Waals surface area contributed by atoms with Crippen LogP contribution in [0.5, 0.6) is 5.75 Å². The molecule has 5 rings (SSSR count). The van der Waals surface area contributed by atoms with E-state index in [2.05, 4.69) is 9.98 Å². The van der Waals surface area contributed by atoms with Crippen LogP contribution >= 0.6 is 0 Å². The fourth-order valence-corrected chi connectivity index (χ4v) is 3.60. The third kappa shape index (κ3) is 3.22. The van der Waals surface area contributed by atoms with Crippen LogP contribution in [0.3, 0.4) is 0 Å². The van der Waals surface area contributed by atoms with E-state index < -0.39 is 0 Å². The number of aromatic nitrogens is 1. The molecule has 4 nitrogen and oxygen atoms in total. The number of aliphatic imine (C=N–C) groups is 1. The number of rotatable bonds is 3. The van der Waals surface area contributed by atoms with Crippen molar-refractivity contribution in [3.05, 3.63) is 89.5 Å². The third-order valence-corrected chi connectivity index (χ3v) is 5.28. The van der Waals surface area contributed by atoms with Crippen molar-refractivity contribution in [2.75, 3.05) is 0 Å². The van der Waals surface area contributed by atoms with Gasteiger partial charge in [0.05, 0.1) is 5.69 Å². The molecular weight excluding hydrogens is 372 g/mol. The van der Waals surface area contributed by atoms with E-state index in [1.165, 1.54) is 0 Å². The Hall–Kier alpha value is -3.92. The van der Waals surface area contributed by atoms with Crippen molar-refractivity contribution >= 4 is 33.8 Å². The summed E-state index contributed by atoms with van der Waals surface area (Å²) in [6.07, 6.45) is 1.72. The van der Waals surface area contributed by atoms with E-state index in [0.29, 0.717) is 11.5 Å². The Kier molecular flexibility index (Phi) is 4.32. The number of oxazole rings is 1. The molecule has 4 aromatic carbocycles. The molecule has 0 spiro atoms. The monoisotopic (exact) mass is 392 g/mol. The van der Waals surface area contributed by atoms with Crippen molar-refractivity contribution in [1.29, 1.82) is 0 Å². The average Bonchev–Trinajstić information content (AvgIpc) is 3.17. The summed E-state index contributed by atoms with van der Waals surface area (Å²) in [5.41, 5.74) is 6.16. The molecule has 1 aromatic heterocycles. The maximum Gasteiger partial charge on any atom is 0.227 e. The normalized spacial score (nSPS) is 11.7. The second-order valence-corrected chi connectivity index (χ2v) is 7.47. The maximum atomic E-state index is 10.4. The molecular formula is C26H20N2O2. The minimum Gasteiger partial charge on any atom is -0.507 e. The highest BCUT2D eigenvalue weighted by Crippen LogP contribution is 2.31. The van der Waals surface area contributed by atoms with Gasteiger partial charge in [0.25, 0.3) is 0 Å². The van der Waals surface area contributed by atoms with Gasteiger partial charge in [-0.15, -0.1) is 0 Å². The number of aromatic hydroxyl groups is 1. The molecule has 30 heavy (non-hydrogen) atoms. The molecule has 4 heteroatoms. The predicted molar refractivity (Wildman–Crippen MR) is 122 cm³/mol. The highest BCUT2D eigenvalue weighted by molar-refractivity contribution is 6.03. The largest absolute Gasteiger partial charge is 0.507 e. The molecule has 5 aromatic rings. The quantitative estimate of drug-likeness (QED) is 0.347. The topological polar surface area (TPSA) is 58.6 Å². The summed E-state index contributed by atoms with van der Waals surface area (Å²) < 4.78 is 5.94. The van der Waals surface area contributed by atoms with Gasteiger partial charge in [0, 0.05) is 17.3 Å². The van der Waals surface area contributed by atoms with Gasteiger partial charge < -0.3 is 9.52 Å². The minimum absolute atomic E-state index is 0.209. The lowest BCUT2D eigenvalue weighted by Gasteiger charge is -2.06. The molecule has 146 valence electrons. The van der Waals surface area contributed by atoms with Gasteiger partial charge in [-0.3, -0.25) is 4.99 Å². The van der Waals surface area contributed by atoms with Crippen LogP contribution in [0.15, 0.2) is 82.2 Å². The number of phenolic OH excluding ortho intramolecular Hbond substituents is 1. The first-order valence-corrected chi connectivity index (χ1v) is 9.81. The van der Waals surface area contributed by atoms with Crippen LogP contribution in [0.1, 0.15) is 16.7 Å². The van der Waals surface area contributed by atoms with Crippen molar-refractivity contribution in [1.82, 2.24) is 4.98 Å². The van der Waals surface area contributed by atoms with Crippen molar-refractivity contribution in [2.24, 2.45) is 4.99 Å². The number of phenols is 1. The Morgan fingerprint density at radius 3 is 2.70 bits per heavy atom. The number of hydrogen-bond donors (Lipinski definition) is 1. The number of aryl methyl sites for hydroxylation is 2. The Balaban J connectivity index is 1.56. The van der Waals surface area contributed by atoms with Gasteiger partial charge in [0.1, 0.15) is 11.3 Å². The summed E-state index contributed by atoms with van der Waals surface area (Å²) in [6.45, 7) is 4.05. The van der Waals surface area contributed by atoms with Crippen molar-refractivity contribution < 1.29 is 9.52 Å². The minimum atomic E-state index is 0.209. The van der Waals surface area contributed by atoms with Gasteiger partial charge in [-0.05, 0) is 66.1 Å². The lowest BCUT2D eigenvalue weighted by Crippen LogP contribution is -1.87. The summed E-state index contributed by atoms with van der Waals surface area (Å²) >= 11 is 0. The highest BCUT2D eigenvalue weighted by Gasteiger charge is 2.10. The van der Waals surface area contributed by atoms with Gasteiger partial charge in [-0.25, -0.2) is 4.98 Å². The van der Waals surface area contributed by atoms with Gasteiger partial charge in [-0.2, -0.15) is 0 Å². The van der Waals surface area contributed by atoms with E-state index in [4.69, 9.17) is 4.42 Å². The zero-order valence-corrected chi connectivity index (χ0v) is 16.8. The van der Waals surface area contributed by atoms with Crippen LogP contribution in [-0.2, 0) is 0 Å². The first-order chi connectivity index (χ1) is 14.6. The van der Waals surface area contributed by atoms with Crippen LogP contribution in [0, 0.1) is 13.8 Å². The zero-order chi connectivity index (χ0) is 20.7. The number of nitrogens with zero attached hydrogens (tertiary/aromatic N) is 2. The number of benzene rings is 4. The summed E-state index contributed by atoms with van der Waals surface area (Å²) in [5.74, 6) is 0.778. The molecule has 0 unspecified atom stereocenters. The van der Waals surface area contributed by atoms with E-state index >= 15 is 0 Å². The summed E-state index contributed by atoms with van der Waals surface area (Å²) in [5, 5.41) is 12.4. The first-order valence-electron chi connectivity index (χ1n) is 9.81. The first kappa shape index (κ1) is 18.1. The Morgan fingerprint density at radius 2 is 1.80 bits per heavy atom. The van der Waals surface area contributed by atoms with E-state index in [1.54, 1.807) is 12.3 Å². The zero-order valence-electron chi connectivity index (χ0n) is 16.8. The molecule has 0 fully saturated rings. The predicted octanol–water partition coefficient (Wildman–Crippen LogP) is 6.72. The van der Waals surface area contributed by atoms with Crippen molar-refractivity contribution in [2.45, 2.75) is 13.8 Å². The second kappa shape index (κ2) is 7.16. The van der Waals surface area contributed by atoms with Gasteiger partial charge in [-0.1, -0.05) is 42.5 Å². The molecule has 0 saturated carbocycles. The van der Waals surface area contributed by atoms with Crippen LogP contribution in [0.2, 0.25) is 0 Å². The van der Waals surface area contributed by atoms with E-state index in [0.717, 1.165) is 44.2 Å². The lowest BCUT2D eigenvalue weighted by molar-refractivity contribution is 0.475. The second-order valence-electron chi connectivity index (χ2n) is 7.47. The average molecular weight is 392 g/mol. The summed E-state index contributed by atoms with van der Waals surface area (Å²) in [6, 6.07) is 23.5. The molecule has 1 heterocycles. The van der Waals surface area contributed by atoms with Crippen LogP contribution in [0.25, 0.3) is 33.3 Å². The van der Waals surface area contributed by atoms with E-state index in [9.17, 15) is 5.11 Å². The maximum absolute atomic E-state index is 10.4. The smallest absolute Gasteiger partial charge is 0.227 e. The number of hydrogen-bond acceptors (Lipinski definition) is 4. The molecule has 0 bridgehead atoms. The molecule has 0 aliphatic carbocycles. The molecule has 1 N–H and O–H groups in total. The van der Waals surface area contributed by atoms with Crippen LogP contribution in [-0.4, -0.2) is 16.3 Å². The van der Waals surface area contributed by atoms with Crippen LogP contribution in [0.4, 0.5) is 5.69 Å². The highest BCUT2D eigenvalue weighted by atomic mass is 16.3. The fraction of sp³-hybridized carbons (Fsp3) is 0.0769. The van der Waals surface area contributed by atoms with Gasteiger partial charge in [0.15, 0.2) is 5.58 Å². The molecule has 0 amide bonds. The summed E-state index contributed by atoms with van der Waals surface area (Å²) in [4.78, 5) is 9.32. The molecule has 0 aliphatic heterocycles. The molecule has 0 saturated heterocycles.